The van der Waals surface area contributed by atoms with Crippen LogP contribution in [0.15, 0.2) is 78.9 Å². The van der Waals surface area contributed by atoms with Crippen molar-refractivity contribution in [2.24, 2.45) is 0 Å². The van der Waals surface area contributed by atoms with E-state index in [1.54, 1.807) is 0 Å². The number of carbonyl (C=O) groups excluding carboxylic acids is 1. The molecule has 0 aliphatic heterocycles. The Hall–Kier alpha value is -3.07. The number of ether oxygens (including phenoxy) is 1. The molecule has 0 saturated heterocycles. The molecular formula is C24H25NO2. The maximum absolute atomic E-state index is 12.9. The number of benzene rings is 3. The van der Waals surface area contributed by atoms with Gasteiger partial charge in [-0.25, -0.2) is 0 Å². The van der Waals surface area contributed by atoms with Crippen molar-refractivity contribution in [1.29, 1.82) is 0 Å². The largest absolute Gasteiger partial charge is 0.484 e. The van der Waals surface area contributed by atoms with E-state index in [4.69, 9.17) is 4.74 Å². The van der Waals surface area contributed by atoms with E-state index in [1.807, 2.05) is 90.7 Å². The van der Waals surface area contributed by atoms with Crippen LogP contribution in [0, 0.1) is 13.8 Å². The van der Waals surface area contributed by atoms with E-state index in [0.717, 1.165) is 22.4 Å². The first-order valence-corrected chi connectivity index (χ1v) is 9.17. The molecule has 3 nitrogen and oxygen atoms in total. The Morgan fingerprint density at radius 1 is 0.778 bits per heavy atom. The summed E-state index contributed by atoms with van der Waals surface area (Å²) in [6.45, 7) is 5.25. The van der Waals surface area contributed by atoms with Crippen LogP contribution in [0.25, 0.3) is 0 Å². The van der Waals surface area contributed by atoms with Crippen LogP contribution in [-0.2, 0) is 17.9 Å². The average Bonchev–Trinajstić information content (AvgIpc) is 2.70. The molecule has 0 radical (unpaired) electrons. The molecule has 0 atom stereocenters. The molecule has 0 saturated carbocycles. The van der Waals surface area contributed by atoms with E-state index in [9.17, 15) is 4.79 Å². The van der Waals surface area contributed by atoms with E-state index in [-0.39, 0.29) is 12.5 Å². The quantitative estimate of drug-likeness (QED) is 0.600. The predicted octanol–water partition coefficient (Wildman–Crippen LogP) is 4.91. The third-order valence-corrected chi connectivity index (χ3v) is 4.63. The van der Waals surface area contributed by atoms with Gasteiger partial charge in [-0.3, -0.25) is 4.79 Å². The molecule has 3 aromatic carbocycles. The first-order chi connectivity index (χ1) is 13.1. The number of hydrogen-bond acceptors (Lipinski definition) is 2. The van der Waals surface area contributed by atoms with E-state index in [1.165, 1.54) is 5.56 Å². The Balaban J connectivity index is 1.70. The highest BCUT2D eigenvalue weighted by atomic mass is 16.5. The van der Waals surface area contributed by atoms with Gasteiger partial charge in [0.15, 0.2) is 6.61 Å². The highest BCUT2D eigenvalue weighted by Crippen LogP contribution is 2.17. The Morgan fingerprint density at radius 2 is 1.33 bits per heavy atom. The Kier molecular flexibility index (Phi) is 6.26. The molecule has 0 aliphatic rings. The normalized spacial score (nSPS) is 10.4. The van der Waals surface area contributed by atoms with Gasteiger partial charge >= 0.3 is 0 Å². The molecule has 0 spiro atoms. The molecule has 0 bridgehead atoms. The van der Waals surface area contributed by atoms with E-state index in [2.05, 4.69) is 6.92 Å². The maximum Gasteiger partial charge on any atom is 0.261 e. The molecule has 27 heavy (non-hydrogen) atoms. The lowest BCUT2D eigenvalue weighted by Crippen LogP contribution is -2.34. The van der Waals surface area contributed by atoms with Crippen LogP contribution in [0.2, 0.25) is 0 Å². The lowest BCUT2D eigenvalue weighted by Gasteiger charge is -2.23. The van der Waals surface area contributed by atoms with Crippen LogP contribution in [0.5, 0.6) is 5.75 Å². The van der Waals surface area contributed by atoms with Gasteiger partial charge in [-0.1, -0.05) is 66.7 Å². The van der Waals surface area contributed by atoms with Crippen molar-refractivity contribution >= 4 is 5.91 Å². The molecule has 0 fully saturated rings. The van der Waals surface area contributed by atoms with Gasteiger partial charge in [0.25, 0.3) is 5.91 Å². The van der Waals surface area contributed by atoms with Crippen molar-refractivity contribution in [3.8, 4) is 5.75 Å². The molecule has 0 aliphatic carbocycles. The smallest absolute Gasteiger partial charge is 0.261 e. The molecule has 0 unspecified atom stereocenters. The predicted molar refractivity (Wildman–Crippen MR) is 109 cm³/mol. The summed E-state index contributed by atoms with van der Waals surface area (Å²) in [6.07, 6.45) is 0. The fraction of sp³-hybridized carbons (Fsp3) is 0.208. The monoisotopic (exact) mass is 359 g/mol. The standard InChI is InChI=1S/C24H25NO2/c1-19-13-14-23(15-20(19)2)27-18-24(26)25(16-21-9-5-3-6-10-21)17-22-11-7-4-8-12-22/h3-15H,16-18H2,1-2H3. The Morgan fingerprint density at radius 3 is 1.85 bits per heavy atom. The third-order valence-electron chi connectivity index (χ3n) is 4.63. The molecular weight excluding hydrogens is 334 g/mol. The highest BCUT2D eigenvalue weighted by molar-refractivity contribution is 5.77. The number of hydrogen-bond donors (Lipinski definition) is 0. The average molecular weight is 359 g/mol. The second-order valence-corrected chi connectivity index (χ2v) is 6.76. The fourth-order valence-corrected chi connectivity index (χ4v) is 2.88. The number of nitrogens with zero attached hydrogens (tertiary/aromatic N) is 1. The van der Waals surface area contributed by atoms with E-state index < -0.39 is 0 Å². The summed E-state index contributed by atoms with van der Waals surface area (Å²) in [4.78, 5) is 14.7. The van der Waals surface area contributed by atoms with E-state index in [0.29, 0.717) is 13.1 Å². The molecule has 3 aromatic rings. The highest BCUT2D eigenvalue weighted by Gasteiger charge is 2.15. The summed E-state index contributed by atoms with van der Waals surface area (Å²) >= 11 is 0. The van der Waals surface area contributed by atoms with Crippen molar-refractivity contribution in [3.63, 3.8) is 0 Å². The van der Waals surface area contributed by atoms with Gasteiger partial charge in [0.05, 0.1) is 0 Å². The number of rotatable bonds is 7. The molecule has 3 rings (SSSR count). The second kappa shape index (κ2) is 9.04. The fourth-order valence-electron chi connectivity index (χ4n) is 2.88. The van der Waals surface area contributed by atoms with Crippen molar-refractivity contribution in [3.05, 3.63) is 101 Å². The zero-order chi connectivity index (χ0) is 19.1. The SMILES string of the molecule is Cc1ccc(OCC(=O)N(Cc2ccccc2)Cc2ccccc2)cc1C. The van der Waals surface area contributed by atoms with Crippen LogP contribution in [0.1, 0.15) is 22.3 Å². The lowest BCUT2D eigenvalue weighted by atomic mass is 10.1. The van der Waals surface area contributed by atoms with Crippen LogP contribution in [0.4, 0.5) is 0 Å². The van der Waals surface area contributed by atoms with Crippen molar-refractivity contribution in [2.45, 2.75) is 26.9 Å². The first kappa shape index (κ1) is 18.7. The van der Waals surface area contributed by atoms with E-state index >= 15 is 0 Å². The summed E-state index contributed by atoms with van der Waals surface area (Å²) in [7, 11) is 0. The van der Waals surface area contributed by atoms with Crippen molar-refractivity contribution < 1.29 is 9.53 Å². The summed E-state index contributed by atoms with van der Waals surface area (Å²) in [6, 6.07) is 26.0. The first-order valence-electron chi connectivity index (χ1n) is 9.17. The lowest BCUT2D eigenvalue weighted by molar-refractivity contribution is -0.134. The summed E-state index contributed by atoms with van der Waals surface area (Å²) in [5.74, 6) is 0.701. The van der Waals surface area contributed by atoms with Crippen LogP contribution in [0.3, 0.4) is 0 Å². The molecule has 138 valence electrons. The van der Waals surface area contributed by atoms with Crippen molar-refractivity contribution in [1.82, 2.24) is 4.90 Å². The van der Waals surface area contributed by atoms with Crippen molar-refractivity contribution in [2.75, 3.05) is 6.61 Å². The number of carbonyl (C=O) groups is 1. The van der Waals surface area contributed by atoms with Crippen LogP contribution >= 0.6 is 0 Å². The van der Waals surface area contributed by atoms with Gasteiger partial charge in [0, 0.05) is 13.1 Å². The zero-order valence-corrected chi connectivity index (χ0v) is 15.9. The van der Waals surface area contributed by atoms with Gasteiger partial charge < -0.3 is 9.64 Å². The number of amides is 1. The molecule has 1 amide bonds. The molecule has 0 N–H and O–H groups in total. The summed E-state index contributed by atoms with van der Waals surface area (Å²) in [5.41, 5.74) is 4.58. The second-order valence-electron chi connectivity index (χ2n) is 6.76. The van der Waals surface area contributed by atoms with Crippen LogP contribution < -0.4 is 4.74 Å². The van der Waals surface area contributed by atoms with Gasteiger partial charge in [0.2, 0.25) is 0 Å². The topological polar surface area (TPSA) is 29.5 Å². The number of aryl methyl sites for hydroxylation is 2. The molecule has 0 heterocycles. The van der Waals surface area contributed by atoms with Gasteiger partial charge in [-0.15, -0.1) is 0 Å². The minimum atomic E-state index is -0.0269. The van der Waals surface area contributed by atoms with Gasteiger partial charge in [-0.05, 0) is 48.2 Å². The Labute approximate surface area is 161 Å². The maximum atomic E-state index is 12.9. The molecule has 3 heteroatoms. The van der Waals surface area contributed by atoms with Gasteiger partial charge in [0.1, 0.15) is 5.75 Å². The minimum absolute atomic E-state index is 0.0269. The van der Waals surface area contributed by atoms with Gasteiger partial charge in [-0.2, -0.15) is 0 Å². The minimum Gasteiger partial charge on any atom is -0.484 e. The third kappa shape index (κ3) is 5.45. The summed E-state index contributed by atoms with van der Waals surface area (Å²) < 4.78 is 5.77. The Bertz CT molecular complexity index is 834. The molecule has 0 aromatic heterocycles. The van der Waals surface area contributed by atoms with Crippen LogP contribution in [-0.4, -0.2) is 17.4 Å². The summed E-state index contributed by atoms with van der Waals surface area (Å²) in [5, 5.41) is 0. The zero-order valence-electron chi connectivity index (χ0n) is 15.9.